The van der Waals surface area contributed by atoms with E-state index in [9.17, 15) is 5.11 Å². The van der Waals surface area contributed by atoms with Gasteiger partial charge in [0.1, 0.15) is 5.75 Å². The number of ether oxygens (including phenoxy) is 1. The normalized spacial score (nSPS) is 11.7. The summed E-state index contributed by atoms with van der Waals surface area (Å²) in [5.74, 6) is 3.37. The van der Waals surface area contributed by atoms with Crippen LogP contribution in [0.2, 0.25) is 0 Å². The standard InChI is InChI=1S/C20H23NO2/c1-3-4-12-23-19-10-8-17(9-11-19)14-21-15-20(22)18-7-5-6-16(2)13-18/h1,5-11,13,20-22H,4,12,14-15H2,2H3. The summed E-state index contributed by atoms with van der Waals surface area (Å²) in [6.45, 7) is 3.78. The topological polar surface area (TPSA) is 41.5 Å². The Balaban J connectivity index is 1.76. The Morgan fingerprint density at radius 3 is 2.70 bits per heavy atom. The van der Waals surface area contributed by atoms with Crippen molar-refractivity contribution >= 4 is 0 Å². The molecule has 0 saturated heterocycles. The lowest BCUT2D eigenvalue weighted by atomic mass is 10.1. The molecule has 0 spiro atoms. The Bertz CT molecular complexity index is 643. The molecule has 0 aliphatic rings. The summed E-state index contributed by atoms with van der Waals surface area (Å²) in [4.78, 5) is 0. The second-order valence-corrected chi connectivity index (χ2v) is 5.51. The molecule has 23 heavy (non-hydrogen) atoms. The van der Waals surface area contributed by atoms with E-state index in [4.69, 9.17) is 11.2 Å². The minimum absolute atomic E-state index is 0.499. The molecule has 0 amide bonds. The Hall–Kier alpha value is -2.28. The van der Waals surface area contributed by atoms with Crippen LogP contribution in [0.3, 0.4) is 0 Å². The maximum absolute atomic E-state index is 10.2. The van der Waals surface area contributed by atoms with Crippen LogP contribution in [0.1, 0.15) is 29.2 Å². The predicted molar refractivity (Wildman–Crippen MR) is 93.2 cm³/mol. The van der Waals surface area contributed by atoms with Gasteiger partial charge >= 0.3 is 0 Å². The summed E-state index contributed by atoms with van der Waals surface area (Å²) in [5.41, 5.74) is 3.24. The fourth-order valence-corrected chi connectivity index (χ4v) is 2.28. The van der Waals surface area contributed by atoms with E-state index < -0.39 is 6.10 Å². The lowest BCUT2D eigenvalue weighted by Crippen LogP contribution is -2.21. The van der Waals surface area contributed by atoms with Crippen LogP contribution in [0.15, 0.2) is 48.5 Å². The van der Waals surface area contributed by atoms with E-state index in [-0.39, 0.29) is 0 Å². The Morgan fingerprint density at radius 2 is 2.00 bits per heavy atom. The second-order valence-electron chi connectivity index (χ2n) is 5.51. The van der Waals surface area contributed by atoms with Crippen molar-refractivity contribution in [2.24, 2.45) is 0 Å². The maximum atomic E-state index is 10.2. The van der Waals surface area contributed by atoms with Gasteiger partial charge in [-0.2, -0.15) is 0 Å². The molecule has 2 rings (SSSR count). The van der Waals surface area contributed by atoms with Crippen molar-refractivity contribution in [3.8, 4) is 18.1 Å². The van der Waals surface area contributed by atoms with Gasteiger partial charge in [-0.1, -0.05) is 42.0 Å². The number of hydrogen-bond acceptors (Lipinski definition) is 3. The number of aliphatic hydroxyl groups excluding tert-OH is 1. The van der Waals surface area contributed by atoms with Crippen LogP contribution in [0.4, 0.5) is 0 Å². The van der Waals surface area contributed by atoms with E-state index in [2.05, 4.69) is 11.2 Å². The third-order valence-corrected chi connectivity index (χ3v) is 3.53. The Kier molecular flexibility index (Phi) is 6.68. The van der Waals surface area contributed by atoms with Gasteiger partial charge in [0.15, 0.2) is 0 Å². The van der Waals surface area contributed by atoms with E-state index in [1.807, 2.05) is 55.5 Å². The molecule has 1 unspecified atom stereocenters. The zero-order valence-corrected chi connectivity index (χ0v) is 13.5. The van der Waals surface area contributed by atoms with Crippen molar-refractivity contribution in [3.63, 3.8) is 0 Å². The van der Waals surface area contributed by atoms with Crippen LogP contribution in [-0.4, -0.2) is 18.3 Å². The van der Waals surface area contributed by atoms with Crippen LogP contribution in [-0.2, 0) is 6.54 Å². The molecule has 0 heterocycles. The summed E-state index contributed by atoms with van der Waals surface area (Å²) in [7, 11) is 0. The molecule has 0 radical (unpaired) electrons. The zero-order valence-electron chi connectivity index (χ0n) is 13.5. The van der Waals surface area contributed by atoms with E-state index in [0.717, 1.165) is 22.4 Å². The molecule has 0 fully saturated rings. The summed E-state index contributed by atoms with van der Waals surface area (Å²) in [6.07, 6.45) is 5.30. The SMILES string of the molecule is C#CCCOc1ccc(CNCC(O)c2cccc(C)c2)cc1. The first-order valence-corrected chi connectivity index (χ1v) is 7.79. The molecule has 0 aromatic heterocycles. The van der Waals surface area contributed by atoms with Gasteiger partial charge in [0.05, 0.1) is 12.7 Å². The molecule has 2 aromatic rings. The number of aryl methyl sites for hydroxylation is 1. The van der Waals surface area contributed by atoms with Gasteiger partial charge in [0.25, 0.3) is 0 Å². The minimum Gasteiger partial charge on any atom is -0.493 e. The first-order chi connectivity index (χ1) is 11.2. The lowest BCUT2D eigenvalue weighted by molar-refractivity contribution is 0.174. The molecule has 2 aromatic carbocycles. The number of terminal acetylenes is 1. The molecular formula is C20H23NO2. The summed E-state index contributed by atoms with van der Waals surface area (Å²) < 4.78 is 5.51. The second kappa shape index (κ2) is 8.99. The third kappa shape index (κ3) is 5.78. The van der Waals surface area contributed by atoms with Crippen molar-refractivity contribution in [3.05, 3.63) is 65.2 Å². The zero-order chi connectivity index (χ0) is 16.5. The van der Waals surface area contributed by atoms with Crippen molar-refractivity contribution in [2.75, 3.05) is 13.2 Å². The van der Waals surface area contributed by atoms with Gasteiger partial charge < -0.3 is 15.2 Å². The lowest BCUT2D eigenvalue weighted by Gasteiger charge is -2.13. The first kappa shape index (κ1) is 17.1. The average Bonchev–Trinajstić information content (AvgIpc) is 2.56. The van der Waals surface area contributed by atoms with Gasteiger partial charge in [-0.15, -0.1) is 12.3 Å². The quantitative estimate of drug-likeness (QED) is 0.581. The highest BCUT2D eigenvalue weighted by molar-refractivity contribution is 5.27. The number of nitrogens with one attached hydrogen (secondary N) is 1. The Labute approximate surface area is 138 Å². The Morgan fingerprint density at radius 1 is 1.22 bits per heavy atom. The molecule has 0 aliphatic heterocycles. The van der Waals surface area contributed by atoms with Gasteiger partial charge in [0, 0.05) is 19.5 Å². The largest absolute Gasteiger partial charge is 0.493 e. The maximum Gasteiger partial charge on any atom is 0.119 e. The number of hydrogen-bond donors (Lipinski definition) is 2. The van der Waals surface area contributed by atoms with Crippen LogP contribution in [0, 0.1) is 19.3 Å². The van der Waals surface area contributed by atoms with Gasteiger partial charge in [0.2, 0.25) is 0 Å². The fraction of sp³-hybridized carbons (Fsp3) is 0.300. The van der Waals surface area contributed by atoms with Crippen LogP contribution in [0.25, 0.3) is 0 Å². The van der Waals surface area contributed by atoms with Gasteiger partial charge in [-0.05, 0) is 30.2 Å². The molecule has 0 bridgehead atoms. The third-order valence-electron chi connectivity index (χ3n) is 3.53. The highest BCUT2D eigenvalue weighted by atomic mass is 16.5. The van der Waals surface area contributed by atoms with Crippen molar-refractivity contribution < 1.29 is 9.84 Å². The molecule has 0 saturated carbocycles. The molecule has 3 nitrogen and oxygen atoms in total. The van der Waals surface area contributed by atoms with Crippen LogP contribution < -0.4 is 10.1 Å². The highest BCUT2D eigenvalue weighted by Crippen LogP contribution is 2.15. The molecular weight excluding hydrogens is 286 g/mol. The molecule has 120 valence electrons. The summed E-state index contributed by atoms with van der Waals surface area (Å²) in [5, 5.41) is 13.5. The van der Waals surface area contributed by atoms with Gasteiger partial charge in [-0.25, -0.2) is 0 Å². The van der Waals surface area contributed by atoms with Gasteiger partial charge in [-0.3, -0.25) is 0 Å². The fourth-order valence-electron chi connectivity index (χ4n) is 2.28. The number of benzene rings is 2. The molecule has 1 atom stereocenters. The van der Waals surface area contributed by atoms with E-state index >= 15 is 0 Å². The molecule has 2 N–H and O–H groups in total. The van der Waals surface area contributed by atoms with Crippen LogP contribution >= 0.6 is 0 Å². The van der Waals surface area contributed by atoms with Crippen molar-refractivity contribution in [1.29, 1.82) is 0 Å². The minimum atomic E-state index is -0.499. The monoisotopic (exact) mass is 309 g/mol. The molecule has 0 aliphatic carbocycles. The van der Waals surface area contributed by atoms with Crippen molar-refractivity contribution in [2.45, 2.75) is 26.0 Å². The highest BCUT2D eigenvalue weighted by Gasteiger charge is 2.06. The van der Waals surface area contributed by atoms with Crippen molar-refractivity contribution in [1.82, 2.24) is 5.32 Å². The molecule has 3 heteroatoms. The van der Waals surface area contributed by atoms with Crippen LogP contribution in [0.5, 0.6) is 5.75 Å². The predicted octanol–water partition coefficient (Wildman–Crippen LogP) is 3.22. The number of aliphatic hydroxyl groups is 1. The van der Waals surface area contributed by atoms with E-state index in [0.29, 0.717) is 26.1 Å². The van der Waals surface area contributed by atoms with E-state index in [1.165, 1.54) is 0 Å². The average molecular weight is 309 g/mol. The first-order valence-electron chi connectivity index (χ1n) is 7.79. The smallest absolute Gasteiger partial charge is 0.119 e. The summed E-state index contributed by atoms with van der Waals surface area (Å²) >= 11 is 0. The van der Waals surface area contributed by atoms with E-state index in [1.54, 1.807) is 0 Å². The number of rotatable bonds is 8. The summed E-state index contributed by atoms with van der Waals surface area (Å²) in [6, 6.07) is 15.8.